The second-order valence-electron chi connectivity index (χ2n) is 8.26. The first kappa shape index (κ1) is 24.0. The number of hydrogen-bond donors (Lipinski definition) is 3. The van der Waals surface area contributed by atoms with Gasteiger partial charge in [-0.05, 0) is 49.8 Å². The van der Waals surface area contributed by atoms with E-state index in [1.165, 1.54) is 6.42 Å². The fourth-order valence-electron chi connectivity index (χ4n) is 3.97. The molecule has 2 saturated heterocycles. The van der Waals surface area contributed by atoms with Gasteiger partial charge in [0.2, 0.25) is 5.91 Å². The molecule has 2 amide bonds. The van der Waals surface area contributed by atoms with Crippen LogP contribution in [0.2, 0.25) is 0 Å². The molecule has 1 unspecified atom stereocenters. The Hall–Kier alpha value is -2.65. The van der Waals surface area contributed by atoms with Crippen LogP contribution in [-0.4, -0.2) is 74.8 Å². The molecule has 2 aliphatic rings. The van der Waals surface area contributed by atoms with E-state index >= 15 is 0 Å². The lowest BCUT2D eigenvalue weighted by Gasteiger charge is -2.35. The van der Waals surface area contributed by atoms with E-state index in [0.717, 1.165) is 56.9 Å². The Bertz CT molecular complexity index is 769. The summed E-state index contributed by atoms with van der Waals surface area (Å²) in [4.78, 5) is 29.4. The molecule has 1 aromatic rings. The summed E-state index contributed by atoms with van der Waals surface area (Å²) in [6, 6.07) is 7.23. The van der Waals surface area contributed by atoms with Crippen LogP contribution in [0.15, 0.2) is 29.3 Å². The molecule has 2 aliphatic heterocycles. The van der Waals surface area contributed by atoms with Crippen molar-refractivity contribution in [1.82, 2.24) is 15.5 Å². The highest BCUT2D eigenvalue weighted by Gasteiger charge is 2.23. The maximum absolute atomic E-state index is 12.0. The summed E-state index contributed by atoms with van der Waals surface area (Å²) in [5, 5.41) is 5.88. The van der Waals surface area contributed by atoms with Crippen molar-refractivity contribution in [2.24, 2.45) is 10.7 Å². The van der Waals surface area contributed by atoms with Crippen molar-refractivity contribution in [2.75, 3.05) is 39.9 Å². The number of ether oxygens (including phenoxy) is 2. The third-order valence-electron chi connectivity index (χ3n) is 5.84. The standard InChI is InChI=1S/C23H35N5O4/c1-25-23(27-14-17-5-7-18(8-6-17)22(30)26-15-21(24)29)28-11-9-19(10-12-28)32-16-20-4-2-3-13-31-20/h5-8,19-20H,2-4,9-16H2,1H3,(H2,24,29)(H,25,27)(H,26,30). The van der Waals surface area contributed by atoms with Crippen LogP contribution in [0.3, 0.4) is 0 Å². The van der Waals surface area contributed by atoms with Gasteiger partial charge in [0.25, 0.3) is 5.91 Å². The Morgan fingerprint density at radius 3 is 2.53 bits per heavy atom. The van der Waals surface area contributed by atoms with Gasteiger partial charge in [0, 0.05) is 38.9 Å². The van der Waals surface area contributed by atoms with Crippen LogP contribution < -0.4 is 16.4 Å². The van der Waals surface area contributed by atoms with Crippen LogP contribution in [0.4, 0.5) is 0 Å². The zero-order chi connectivity index (χ0) is 22.8. The number of carbonyl (C=O) groups excluding carboxylic acids is 2. The fraction of sp³-hybridized carbons (Fsp3) is 0.609. The molecule has 0 aromatic heterocycles. The largest absolute Gasteiger partial charge is 0.376 e. The van der Waals surface area contributed by atoms with E-state index < -0.39 is 5.91 Å². The maximum Gasteiger partial charge on any atom is 0.251 e. The molecule has 176 valence electrons. The van der Waals surface area contributed by atoms with Crippen LogP contribution in [0, 0.1) is 0 Å². The molecular weight excluding hydrogens is 410 g/mol. The number of nitrogens with zero attached hydrogens (tertiary/aromatic N) is 2. The van der Waals surface area contributed by atoms with Crippen LogP contribution in [0.5, 0.6) is 0 Å². The number of nitrogens with two attached hydrogens (primary N) is 1. The Kier molecular flexibility index (Phi) is 9.30. The number of primary amides is 1. The number of guanidine groups is 1. The fourth-order valence-corrected chi connectivity index (χ4v) is 3.97. The van der Waals surface area contributed by atoms with Crippen LogP contribution in [0.25, 0.3) is 0 Å². The van der Waals surface area contributed by atoms with Crippen molar-refractivity contribution in [3.8, 4) is 0 Å². The lowest BCUT2D eigenvalue weighted by atomic mass is 10.1. The van der Waals surface area contributed by atoms with E-state index in [0.29, 0.717) is 18.7 Å². The van der Waals surface area contributed by atoms with E-state index in [1.54, 1.807) is 19.2 Å². The molecule has 0 saturated carbocycles. The summed E-state index contributed by atoms with van der Waals surface area (Å²) in [7, 11) is 1.79. The number of hydrogen-bond acceptors (Lipinski definition) is 5. The zero-order valence-electron chi connectivity index (χ0n) is 18.8. The van der Waals surface area contributed by atoms with Gasteiger partial charge in [0.1, 0.15) is 0 Å². The van der Waals surface area contributed by atoms with Crippen molar-refractivity contribution in [3.63, 3.8) is 0 Å². The molecule has 0 aliphatic carbocycles. The molecule has 32 heavy (non-hydrogen) atoms. The van der Waals surface area contributed by atoms with E-state index in [1.807, 2.05) is 12.1 Å². The predicted molar refractivity (Wildman–Crippen MR) is 122 cm³/mol. The first-order valence-corrected chi connectivity index (χ1v) is 11.4. The lowest BCUT2D eigenvalue weighted by molar-refractivity contribution is -0.117. The SMILES string of the molecule is CN=C(NCc1ccc(C(=O)NCC(N)=O)cc1)N1CCC(OCC2CCCCO2)CC1. The molecule has 4 N–H and O–H groups in total. The minimum Gasteiger partial charge on any atom is -0.376 e. The van der Waals surface area contributed by atoms with Gasteiger partial charge in [-0.15, -0.1) is 0 Å². The molecule has 0 radical (unpaired) electrons. The number of nitrogens with one attached hydrogen (secondary N) is 2. The highest BCUT2D eigenvalue weighted by atomic mass is 16.5. The van der Waals surface area contributed by atoms with Gasteiger partial charge in [-0.3, -0.25) is 14.6 Å². The molecule has 2 heterocycles. The second-order valence-corrected chi connectivity index (χ2v) is 8.26. The molecule has 1 atom stereocenters. The topological polar surface area (TPSA) is 118 Å². The normalized spacial score (nSPS) is 20.1. The van der Waals surface area contributed by atoms with Crippen molar-refractivity contribution < 1.29 is 19.1 Å². The molecular formula is C23H35N5O4. The summed E-state index contributed by atoms with van der Waals surface area (Å²) in [6.07, 6.45) is 6.00. The number of amides is 2. The first-order chi connectivity index (χ1) is 15.5. The minimum atomic E-state index is -0.570. The summed E-state index contributed by atoms with van der Waals surface area (Å²) >= 11 is 0. The van der Waals surface area contributed by atoms with Crippen LogP contribution in [0.1, 0.15) is 48.0 Å². The van der Waals surface area contributed by atoms with Gasteiger partial charge >= 0.3 is 0 Å². The van der Waals surface area contributed by atoms with E-state index in [-0.39, 0.29) is 24.7 Å². The Morgan fingerprint density at radius 1 is 1.16 bits per heavy atom. The Labute approximate surface area is 189 Å². The number of carbonyl (C=O) groups is 2. The van der Waals surface area contributed by atoms with Crippen LogP contribution >= 0.6 is 0 Å². The summed E-state index contributed by atoms with van der Waals surface area (Å²) in [5.41, 5.74) is 6.57. The lowest BCUT2D eigenvalue weighted by Crippen LogP contribution is -2.47. The van der Waals surface area contributed by atoms with Crippen LogP contribution in [-0.2, 0) is 20.8 Å². The van der Waals surface area contributed by atoms with Gasteiger partial charge in [-0.1, -0.05) is 12.1 Å². The second kappa shape index (κ2) is 12.4. The maximum atomic E-state index is 12.0. The summed E-state index contributed by atoms with van der Waals surface area (Å²) in [6.45, 7) is 3.79. The molecule has 9 nitrogen and oxygen atoms in total. The molecule has 1 aromatic carbocycles. The van der Waals surface area contributed by atoms with Gasteiger partial charge in [-0.2, -0.15) is 0 Å². The van der Waals surface area contributed by atoms with E-state index in [2.05, 4.69) is 20.5 Å². The average molecular weight is 446 g/mol. The molecule has 0 spiro atoms. The van der Waals surface area contributed by atoms with Gasteiger partial charge in [0.15, 0.2) is 5.96 Å². The Morgan fingerprint density at radius 2 is 1.91 bits per heavy atom. The quantitative estimate of drug-likeness (QED) is 0.406. The van der Waals surface area contributed by atoms with Gasteiger partial charge < -0.3 is 30.7 Å². The highest BCUT2D eigenvalue weighted by Crippen LogP contribution is 2.18. The van der Waals surface area contributed by atoms with E-state index in [4.69, 9.17) is 15.2 Å². The third kappa shape index (κ3) is 7.49. The van der Waals surface area contributed by atoms with Crippen molar-refractivity contribution in [3.05, 3.63) is 35.4 Å². The van der Waals surface area contributed by atoms with Crippen molar-refractivity contribution in [1.29, 1.82) is 0 Å². The first-order valence-electron chi connectivity index (χ1n) is 11.4. The smallest absolute Gasteiger partial charge is 0.251 e. The number of rotatable bonds is 8. The number of benzene rings is 1. The summed E-state index contributed by atoms with van der Waals surface area (Å²) < 4.78 is 11.9. The monoisotopic (exact) mass is 445 g/mol. The molecule has 9 heteroatoms. The molecule has 3 rings (SSSR count). The Balaban J connectivity index is 1.39. The van der Waals surface area contributed by atoms with Gasteiger partial charge in [-0.25, -0.2) is 0 Å². The average Bonchev–Trinajstić information content (AvgIpc) is 2.83. The number of piperidine rings is 1. The zero-order valence-corrected chi connectivity index (χ0v) is 18.8. The van der Waals surface area contributed by atoms with E-state index in [9.17, 15) is 9.59 Å². The summed E-state index contributed by atoms with van der Waals surface area (Å²) in [5.74, 6) is -0.0269. The predicted octanol–water partition coefficient (Wildman–Crippen LogP) is 1.03. The van der Waals surface area contributed by atoms with Crippen molar-refractivity contribution in [2.45, 2.75) is 50.9 Å². The van der Waals surface area contributed by atoms with Gasteiger partial charge in [0.05, 0.1) is 25.4 Å². The highest BCUT2D eigenvalue weighted by molar-refractivity contribution is 5.96. The number of aliphatic imine (C=N–C) groups is 1. The number of likely N-dealkylation sites (tertiary alicyclic amines) is 1. The third-order valence-corrected chi connectivity index (χ3v) is 5.84. The molecule has 0 bridgehead atoms. The minimum absolute atomic E-state index is 0.172. The van der Waals surface area contributed by atoms with Crippen molar-refractivity contribution >= 4 is 17.8 Å². The molecule has 2 fully saturated rings.